The quantitative estimate of drug-likeness (QED) is 0.0783. The van der Waals surface area contributed by atoms with Crippen molar-refractivity contribution in [3.8, 4) is 0 Å². The third-order valence-corrected chi connectivity index (χ3v) is 8.48. The Morgan fingerprint density at radius 2 is 0.929 bits per heavy atom. The summed E-state index contributed by atoms with van der Waals surface area (Å²) in [6.45, 7) is 6.65. The minimum Gasteiger partial charge on any atom is -0.478 e. The van der Waals surface area contributed by atoms with E-state index in [0.717, 1.165) is 70.3 Å². The molecule has 0 heterocycles. The van der Waals surface area contributed by atoms with Crippen molar-refractivity contribution in [1.29, 1.82) is 0 Å². The molecule has 0 aliphatic heterocycles. The van der Waals surface area contributed by atoms with Crippen molar-refractivity contribution >= 4 is 17.9 Å². The van der Waals surface area contributed by atoms with Gasteiger partial charge in [-0.05, 0) is 56.7 Å². The number of hydrogen-bond donors (Lipinski definition) is 2. The van der Waals surface area contributed by atoms with Crippen molar-refractivity contribution in [2.45, 2.75) is 174 Å². The molecule has 0 fully saturated rings. The highest BCUT2D eigenvalue weighted by molar-refractivity contribution is 6.04. The monoisotopic (exact) mass is 588 g/mol. The topological polar surface area (TPSA) is 101 Å². The first-order valence-electron chi connectivity index (χ1n) is 17.1. The van der Waals surface area contributed by atoms with Gasteiger partial charge in [0.15, 0.2) is 0 Å². The van der Waals surface area contributed by atoms with Gasteiger partial charge in [0.25, 0.3) is 0 Å². The molecule has 240 valence electrons. The summed E-state index contributed by atoms with van der Waals surface area (Å²) < 4.78 is 6.38. The van der Waals surface area contributed by atoms with Crippen LogP contribution in [0.25, 0.3) is 0 Å². The molecule has 1 aromatic rings. The number of carboxylic acid groups (broad SMARTS) is 2. The average molecular weight is 589 g/mol. The van der Waals surface area contributed by atoms with Crippen LogP contribution >= 0.6 is 0 Å². The Hall–Kier alpha value is -2.37. The van der Waals surface area contributed by atoms with Crippen LogP contribution in [0.5, 0.6) is 0 Å². The van der Waals surface area contributed by atoms with Crippen molar-refractivity contribution in [2.75, 3.05) is 0 Å². The molecule has 0 aliphatic carbocycles. The largest absolute Gasteiger partial charge is 0.478 e. The molecule has 1 rings (SSSR count). The SMILES string of the molecule is CCCCCCCCCCC(CCCCCCC)(CCCCCCCCC)OC(=O)c1ccc(C(=O)O)cc1C(=O)O. The standard InChI is InChI=1S/C36H60O6/c1-4-7-10-13-15-17-20-23-28-36(26-21-18-12-9-6-3,27-22-19-16-14-11-8-5-2)42-35(41)31-25-24-30(33(37)38)29-32(31)34(39)40/h24-25,29H,4-23,26-28H2,1-3H3,(H,37,38)(H,39,40). The van der Waals surface area contributed by atoms with Gasteiger partial charge >= 0.3 is 17.9 Å². The first kappa shape index (κ1) is 37.7. The third-order valence-electron chi connectivity index (χ3n) is 8.48. The Kier molecular flexibility index (Phi) is 20.7. The first-order chi connectivity index (χ1) is 20.3. The molecule has 1 unspecified atom stereocenters. The minimum atomic E-state index is -1.33. The predicted octanol–water partition coefficient (Wildman–Crippen LogP) is 11.0. The van der Waals surface area contributed by atoms with Gasteiger partial charge in [0.2, 0.25) is 0 Å². The van der Waals surface area contributed by atoms with Gasteiger partial charge in [0.1, 0.15) is 5.60 Å². The van der Waals surface area contributed by atoms with Gasteiger partial charge in [0.05, 0.1) is 16.7 Å². The number of ether oxygens (including phenoxy) is 1. The Morgan fingerprint density at radius 1 is 0.548 bits per heavy atom. The van der Waals surface area contributed by atoms with Crippen molar-refractivity contribution in [3.63, 3.8) is 0 Å². The van der Waals surface area contributed by atoms with Gasteiger partial charge in [0, 0.05) is 0 Å². The van der Waals surface area contributed by atoms with Crippen LogP contribution in [0, 0.1) is 0 Å². The number of unbranched alkanes of at least 4 members (excludes halogenated alkanes) is 17. The van der Waals surface area contributed by atoms with Crippen molar-refractivity contribution in [1.82, 2.24) is 0 Å². The molecular formula is C36H60O6. The third kappa shape index (κ3) is 15.7. The molecule has 0 bridgehead atoms. The second-order valence-electron chi connectivity index (χ2n) is 12.2. The van der Waals surface area contributed by atoms with Crippen molar-refractivity contribution in [3.05, 3.63) is 34.9 Å². The number of hydrogen-bond acceptors (Lipinski definition) is 4. The molecule has 0 radical (unpaired) electrons. The van der Waals surface area contributed by atoms with Crippen LogP contribution in [0.2, 0.25) is 0 Å². The fraction of sp³-hybridized carbons (Fsp3) is 0.750. The summed E-state index contributed by atoms with van der Waals surface area (Å²) in [5.74, 6) is -3.21. The van der Waals surface area contributed by atoms with Crippen LogP contribution in [0.1, 0.15) is 200 Å². The lowest BCUT2D eigenvalue weighted by atomic mass is 9.84. The van der Waals surface area contributed by atoms with E-state index in [1.807, 2.05) is 0 Å². The minimum absolute atomic E-state index is 0.0710. The Bertz CT molecular complexity index is 895. The molecule has 0 saturated heterocycles. The Morgan fingerprint density at radius 3 is 1.29 bits per heavy atom. The number of carbonyl (C=O) groups excluding carboxylic acids is 1. The molecule has 6 heteroatoms. The van der Waals surface area contributed by atoms with Crippen LogP contribution in [0.3, 0.4) is 0 Å². The van der Waals surface area contributed by atoms with Gasteiger partial charge in [-0.25, -0.2) is 14.4 Å². The van der Waals surface area contributed by atoms with Gasteiger partial charge in [-0.2, -0.15) is 0 Å². The van der Waals surface area contributed by atoms with Crippen LogP contribution in [-0.4, -0.2) is 33.7 Å². The van der Waals surface area contributed by atoms with E-state index in [-0.39, 0.29) is 16.7 Å². The summed E-state index contributed by atoms with van der Waals surface area (Å²) in [6.07, 6.45) is 25.8. The van der Waals surface area contributed by atoms with E-state index in [1.165, 1.54) is 95.6 Å². The van der Waals surface area contributed by atoms with E-state index in [1.54, 1.807) is 0 Å². The van der Waals surface area contributed by atoms with E-state index >= 15 is 0 Å². The maximum Gasteiger partial charge on any atom is 0.339 e. The highest BCUT2D eigenvalue weighted by Crippen LogP contribution is 2.34. The second kappa shape index (κ2) is 23.1. The number of benzene rings is 1. The summed E-state index contributed by atoms with van der Waals surface area (Å²) in [7, 11) is 0. The molecule has 0 aromatic heterocycles. The van der Waals surface area contributed by atoms with Crippen molar-refractivity contribution in [2.24, 2.45) is 0 Å². The summed E-state index contributed by atoms with van der Waals surface area (Å²) in [5.41, 5.74) is -1.18. The van der Waals surface area contributed by atoms with E-state index in [4.69, 9.17) is 4.74 Å². The zero-order valence-electron chi connectivity index (χ0n) is 27.0. The van der Waals surface area contributed by atoms with Gasteiger partial charge in [-0.1, -0.05) is 130 Å². The molecule has 1 atom stereocenters. The van der Waals surface area contributed by atoms with Crippen LogP contribution in [0.4, 0.5) is 0 Å². The summed E-state index contributed by atoms with van der Waals surface area (Å²) in [6, 6.07) is 3.64. The van der Waals surface area contributed by atoms with E-state index < -0.39 is 23.5 Å². The molecule has 42 heavy (non-hydrogen) atoms. The molecule has 0 amide bonds. The Balaban J connectivity index is 3.10. The van der Waals surface area contributed by atoms with Gasteiger partial charge in [-0.15, -0.1) is 0 Å². The fourth-order valence-corrected chi connectivity index (χ4v) is 5.85. The van der Waals surface area contributed by atoms with Crippen LogP contribution < -0.4 is 0 Å². The summed E-state index contributed by atoms with van der Waals surface area (Å²) >= 11 is 0. The van der Waals surface area contributed by atoms with Crippen molar-refractivity contribution < 1.29 is 29.3 Å². The highest BCUT2D eigenvalue weighted by Gasteiger charge is 2.34. The fourth-order valence-electron chi connectivity index (χ4n) is 5.85. The van der Waals surface area contributed by atoms with Crippen LogP contribution in [-0.2, 0) is 4.74 Å². The number of rotatable bonds is 27. The van der Waals surface area contributed by atoms with Gasteiger partial charge < -0.3 is 14.9 Å². The number of aromatic carboxylic acids is 2. The molecule has 2 N–H and O–H groups in total. The molecule has 1 aromatic carbocycles. The van der Waals surface area contributed by atoms with Crippen LogP contribution in [0.15, 0.2) is 18.2 Å². The maximum absolute atomic E-state index is 13.6. The lowest BCUT2D eigenvalue weighted by molar-refractivity contribution is -0.0362. The number of carboxylic acids is 2. The molecule has 6 nitrogen and oxygen atoms in total. The van der Waals surface area contributed by atoms with E-state index in [2.05, 4.69) is 20.8 Å². The lowest BCUT2D eigenvalue weighted by Gasteiger charge is -2.34. The first-order valence-corrected chi connectivity index (χ1v) is 17.1. The average Bonchev–Trinajstić information content (AvgIpc) is 2.97. The normalized spacial score (nSPS) is 12.6. The maximum atomic E-state index is 13.6. The molecule has 0 spiro atoms. The lowest BCUT2D eigenvalue weighted by Crippen LogP contribution is -2.36. The van der Waals surface area contributed by atoms with E-state index in [0.29, 0.717) is 0 Å². The zero-order chi connectivity index (χ0) is 31.1. The summed E-state index contributed by atoms with van der Waals surface area (Å²) in [4.78, 5) is 37.1. The zero-order valence-corrected chi connectivity index (χ0v) is 27.0. The number of carbonyl (C=O) groups is 3. The highest BCUT2D eigenvalue weighted by atomic mass is 16.6. The molecule has 0 saturated carbocycles. The Labute approximate surface area is 256 Å². The predicted molar refractivity (Wildman–Crippen MR) is 172 cm³/mol. The smallest absolute Gasteiger partial charge is 0.339 e. The molecular weight excluding hydrogens is 528 g/mol. The summed E-state index contributed by atoms with van der Waals surface area (Å²) in [5, 5.41) is 19.1. The second-order valence-corrected chi connectivity index (χ2v) is 12.2. The number of esters is 1. The van der Waals surface area contributed by atoms with Gasteiger partial charge in [-0.3, -0.25) is 0 Å². The molecule has 0 aliphatic rings. The van der Waals surface area contributed by atoms with E-state index in [9.17, 15) is 24.6 Å².